The monoisotopic (exact) mass is 805 g/mol. The van der Waals surface area contributed by atoms with Crippen LogP contribution in [0.5, 0.6) is 0 Å². The summed E-state index contributed by atoms with van der Waals surface area (Å²) in [5, 5.41) is 12.2. The van der Waals surface area contributed by atoms with Gasteiger partial charge in [0.15, 0.2) is 11.6 Å². The molecule has 3 heterocycles. The van der Waals surface area contributed by atoms with Gasteiger partial charge in [-0.05, 0) is 143 Å². The van der Waals surface area contributed by atoms with Gasteiger partial charge in [-0.1, -0.05) is 120 Å². The first-order chi connectivity index (χ1) is 30.3. The molecule has 2 aromatic heterocycles. The molecule has 0 unspecified atom stereocenters. The van der Waals surface area contributed by atoms with Crippen LogP contribution in [0.3, 0.4) is 0 Å². The number of rotatable bonds is 11. The van der Waals surface area contributed by atoms with Crippen LogP contribution in [-0.2, 0) is 5.41 Å². The lowest BCUT2D eigenvalue weighted by Crippen LogP contribution is -2.30. The van der Waals surface area contributed by atoms with E-state index in [1.165, 1.54) is 55.5 Å². The molecule has 5 nitrogen and oxygen atoms in total. The highest BCUT2D eigenvalue weighted by atomic mass is 15.3. The number of anilines is 3. The summed E-state index contributed by atoms with van der Waals surface area (Å²) >= 11 is 0. The Hall–Kier alpha value is -7.24. The molecule has 0 aliphatic carbocycles. The molecule has 5 heteroatoms. The van der Waals surface area contributed by atoms with E-state index in [0.29, 0.717) is 0 Å². The highest BCUT2D eigenvalue weighted by Crippen LogP contribution is 2.51. The molecule has 10 rings (SSSR count). The Bertz CT molecular complexity index is 3020. The predicted molar refractivity (Wildman–Crippen MR) is 261 cm³/mol. The Morgan fingerprint density at radius 2 is 0.919 bits per heavy atom. The van der Waals surface area contributed by atoms with Crippen LogP contribution in [0.1, 0.15) is 75.6 Å². The van der Waals surface area contributed by atoms with Gasteiger partial charge in [-0.2, -0.15) is 0 Å². The molecule has 304 valence electrons. The minimum Gasteiger partial charge on any atom is -0.310 e. The third kappa shape index (κ3) is 6.47. The molecule has 0 radical (unpaired) electrons. The maximum atomic E-state index is 4.88. The second-order valence-corrected chi connectivity index (χ2v) is 17.1. The Morgan fingerprint density at radius 1 is 0.484 bits per heavy atom. The van der Waals surface area contributed by atoms with Gasteiger partial charge in [0.25, 0.3) is 0 Å². The maximum Gasteiger partial charge on any atom is 0.168 e. The number of aromatic nitrogens is 4. The Labute approximate surface area is 365 Å². The van der Waals surface area contributed by atoms with Crippen molar-refractivity contribution in [3.63, 3.8) is 0 Å². The van der Waals surface area contributed by atoms with E-state index in [9.17, 15) is 0 Å². The standard InChI is InChI=1S/C57H51N5/c1-7-16-38(3)42-28-34-51-47(36-42)48-37-43(39(4)17-8-2)29-35-52(48)60(51)45-30-24-40(25-31-45)55-58-59-56(62(55)44-18-10-9-11-19-44)41-26-32-46(33-27-41)61-53-22-14-12-20-49(53)57(5,6)50-21-13-15-23-54(50)61/h9-15,18-37H,3-4,7-8,16-17H2,1-2,5-6H3. The van der Waals surface area contributed by atoms with Gasteiger partial charge in [0.05, 0.1) is 22.4 Å². The van der Waals surface area contributed by atoms with Crippen molar-refractivity contribution in [3.05, 3.63) is 199 Å². The molecule has 7 aromatic carbocycles. The van der Waals surface area contributed by atoms with Crippen molar-refractivity contribution in [2.45, 2.75) is 58.8 Å². The number of hydrogen-bond acceptors (Lipinski definition) is 3. The molecule has 9 aromatic rings. The Morgan fingerprint density at radius 3 is 1.40 bits per heavy atom. The van der Waals surface area contributed by atoms with Crippen LogP contribution >= 0.6 is 0 Å². The minimum atomic E-state index is -0.115. The van der Waals surface area contributed by atoms with E-state index >= 15 is 0 Å². The average molecular weight is 806 g/mol. The number of allylic oxidation sites excluding steroid dienone is 2. The van der Waals surface area contributed by atoms with Crippen molar-refractivity contribution in [2.24, 2.45) is 0 Å². The van der Waals surface area contributed by atoms with E-state index < -0.39 is 0 Å². The van der Waals surface area contributed by atoms with Crippen LogP contribution in [0.2, 0.25) is 0 Å². The summed E-state index contributed by atoms with van der Waals surface area (Å²) in [6.07, 6.45) is 4.10. The van der Waals surface area contributed by atoms with E-state index in [2.05, 4.69) is 213 Å². The van der Waals surface area contributed by atoms with Crippen LogP contribution < -0.4 is 4.90 Å². The van der Waals surface area contributed by atoms with E-state index in [4.69, 9.17) is 10.2 Å². The number of hydrogen-bond donors (Lipinski definition) is 0. The first-order valence-corrected chi connectivity index (χ1v) is 21.9. The van der Waals surface area contributed by atoms with Gasteiger partial charge in [0, 0.05) is 44.4 Å². The van der Waals surface area contributed by atoms with Crippen LogP contribution in [0, 0.1) is 0 Å². The molecule has 0 fully saturated rings. The van der Waals surface area contributed by atoms with Gasteiger partial charge in [0.2, 0.25) is 0 Å². The van der Waals surface area contributed by atoms with E-state index in [1.807, 2.05) is 6.07 Å². The van der Waals surface area contributed by atoms with Crippen molar-refractivity contribution in [2.75, 3.05) is 4.90 Å². The molecule has 1 aliphatic rings. The van der Waals surface area contributed by atoms with Gasteiger partial charge >= 0.3 is 0 Å². The highest BCUT2D eigenvalue weighted by molar-refractivity contribution is 6.11. The number of benzene rings is 7. The van der Waals surface area contributed by atoms with Crippen LogP contribution in [0.4, 0.5) is 17.1 Å². The zero-order chi connectivity index (χ0) is 42.5. The van der Waals surface area contributed by atoms with Gasteiger partial charge < -0.3 is 9.47 Å². The summed E-state index contributed by atoms with van der Waals surface area (Å²) in [5.41, 5.74) is 17.1. The molecule has 0 atom stereocenters. The summed E-state index contributed by atoms with van der Waals surface area (Å²) in [5.74, 6) is 1.56. The smallest absolute Gasteiger partial charge is 0.168 e. The molecule has 0 amide bonds. The third-order valence-corrected chi connectivity index (χ3v) is 12.8. The van der Waals surface area contributed by atoms with Crippen LogP contribution in [-0.4, -0.2) is 19.3 Å². The molecule has 0 saturated carbocycles. The topological polar surface area (TPSA) is 38.9 Å². The number of fused-ring (bicyclic) bond motifs is 5. The molecular weight excluding hydrogens is 755 g/mol. The third-order valence-electron chi connectivity index (χ3n) is 12.8. The number of para-hydroxylation sites is 3. The zero-order valence-electron chi connectivity index (χ0n) is 36.1. The summed E-state index contributed by atoms with van der Waals surface area (Å²) in [6, 6.07) is 59.1. The normalized spacial score (nSPS) is 13.0. The molecule has 0 N–H and O–H groups in total. The lowest BCUT2D eigenvalue weighted by molar-refractivity contribution is 0.632. The van der Waals surface area contributed by atoms with Crippen molar-refractivity contribution in [1.29, 1.82) is 0 Å². The lowest BCUT2D eigenvalue weighted by atomic mass is 9.73. The molecule has 0 bridgehead atoms. The fourth-order valence-electron chi connectivity index (χ4n) is 9.58. The summed E-state index contributed by atoms with van der Waals surface area (Å²) in [4.78, 5) is 2.38. The number of nitrogens with zero attached hydrogens (tertiary/aromatic N) is 5. The summed E-state index contributed by atoms with van der Waals surface area (Å²) in [6.45, 7) is 17.9. The van der Waals surface area contributed by atoms with Gasteiger partial charge in [-0.25, -0.2) is 0 Å². The Kier molecular flexibility index (Phi) is 9.83. The van der Waals surface area contributed by atoms with Crippen molar-refractivity contribution in [1.82, 2.24) is 19.3 Å². The van der Waals surface area contributed by atoms with Gasteiger partial charge in [-0.3, -0.25) is 4.57 Å². The van der Waals surface area contributed by atoms with E-state index in [-0.39, 0.29) is 5.41 Å². The van der Waals surface area contributed by atoms with Crippen molar-refractivity contribution < 1.29 is 0 Å². The van der Waals surface area contributed by atoms with Gasteiger partial charge in [0.1, 0.15) is 0 Å². The highest BCUT2D eigenvalue weighted by Gasteiger charge is 2.36. The second kappa shape index (κ2) is 15.7. The summed E-state index contributed by atoms with van der Waals surface area (Å²) in [7, 11) is 0. The SMILES string of the molecule is C=C(CCC)c1ccc2c(c1)c1cc(C(=C)CCC)ccc1n2-c1ccc(-c2nnc(-c3ccc(N4c5ccccc5C(C)(C)c5ccccc54)cc3)n2-c2ccccc2)cc1. The Balaban J connectivity index is 1.05. The molecule has 62 heavy (non-hydrogen) atoms. The first-order valence-electron chi connectivity index (χ1n) is 21.9. The minimum absolute atomic E-state index is 0.115. The maximum absolute atomic E-state index is 4.88. The zero-order valence-corrected chi connectivity index (χ0v) is 36.1. The first kappa shape index (κ1) is 38.9. The fourth-order valence-corrected chi connectivity index (χ4v) is 9.58. The van der Waals surface area contributed by atoms with Crippen LogP contribution in [0.15, 0.2) is 177 Å². The predicted octanol–water partition coefficient (Wildman–Crippen LogP) is 15.4. The quantitative estimate of drug-likeness (QED) is 0.131. The second-order valence-electron chi connectivity index (χ2n) is 17.1. The summed E-state index contributed by atoms with van der Waals surface area (Å²) < 4.78 is 4.55. The van der Waals surface area contributed by atoms with E-state index in [1.54, 1.807) is 0 Å². The molecule has 0 spiro atoms. The van der Waals surface area contributed by atoms with Crippen molar-refractivity contribution >= 4 is 50.0 Å². The van der Waals surface area contributed by atoms with E-state index in [0.717, 1.165) is 76.6 Å². The molecule has 0 saturated heterocycles. The molecule has 1 aliphatic heterocycles. The average Bonchev–Trinajstić information content (AvgIpc) is 3.89. The van der Waals surface area contributed by atoms with Gasteiger partial charge in [-0.15, -0.1) is 10.2 Å². The van der Waals surface area contributed by atoms with Crippen molar-refractivity contribution in [3.8, 4) is 34.2 Å². The molecular formula is C57H51N5. The lowest BCUT2D eigenvalue weighted by Gasteiger charge is -2.42. The fraction of sp³-hybridized carbons (Fsp3) is 0.158. The largest absolute Gasteiger partial charge is 0.310 e. The van der Waals surface area contributed by atoms with Crippen LogP contribution in [0.25, 0.3) is 67.1 Å².